The van der Waals surface area contributed by atoms with Crippen LogP contribution in [-0.4, -0.2) is 20.1 Å². The van der Waals surface area contributed by atoms with Gasteiger partial charge < -0.3 is 9.47 Å². The average Bonchev–Trinajstić information content (AvgIpc) is 2.22. The van der Waals surface area contributed by atoms with E-state index in [4.69, 9.17) is 15.2 Å². The predicted octanol–water partition coefficient (Wildman–Crippen LogP) is 0.942. The van der Waals surface area contributed by atoms with E-state index in [9.17, 15) is 4.79 Å². The smallest absolute Gasteiger partial charge is 0.303 e. The van der Waals surface area contributed by atoms with Crippen molar-refractivity contribution in [2.45, 2.75) is 5.79 Å². The second kappa shape index (κ2) is 4.21. The highest BCUT2D eigenvalue weighted by Gasteiger charge is 2.39. The Balaban J connectivity index is 3.18. The number of hydrogen-bond acceptors (Lipinski definition) is 3. The molecular formula is C10H12NO3. The molecule has 0 saturated heterocycles. The van der Waals surface area contributed by atoms with Crippen LogP contribution in [0.25, 0.3) is 0 Å². The number of carbonyl (C=O) groups excluding carboxylic acids is 1. The van der Waals surface area contributed by atoms with Gasteiger partial charge in [0.05, 0.1) is 0 Å². The zero-order valence-corrected chi connectivity index (χ0v) is 8.11. The third-order valence-electron chi connectivity index (χ3n) is 2.03. The molecule has 1 radical (unpaired) electrons. The summed E-state index contributed by atoms with van der Waals surface area (Å²) in [5, 5.41) is 0. The van der Waals surface area contributed by atoms with Gasteiger partial charge in [0.15, 0.2) is 0 Å². The highest BCUT2D eigenvalue weighted by atomic mass is 16.7. The van der Waals surface area contributed by atoms with Gasteiger partial charge in [-0.2, -0.15) is 0 Å². The van der Waals surface area contributed by atoms with E-state index in [2.05, 4.69) is 0 Å². The molecule has 1 aromatic rings. The first kappa shape index (κ1) is 10.7. The van der Waals surface area contributed by atoms with Crippen LogP contribution in [0.15, 0.2) is 30.3 Å². The molecule has 0 heterocycles. The van der Waals surface area contributed by atoms with Crippen molar-refractivity contribution in [2.24, 2.45) is 0 Å². The number of ether oxygens (including phenoxy) is 2. The first-order valence-corrected chi connectivity index (χ1v) is 4.09. The lowest BCUT2D eigenvalue weighted by Crippen LogP contribution is -2.40. The van der Waals surface area contributed by atoms with Crippen molar-refractivity contribution < 1.29 is 14.3 Å². The average molecular weight is 194 g/mol. The SMILES string of the molecule is COC(OC)(C([NH])=O)c1ccccc1. The fourth-order valence-electron chi connectivity index (χ4n) is 1.29. The zero-order chi connectivity index (χ0) is 10.6. The van der Waals surface area contributed by atoms with Crippen molar-refractivity contribution in [3.63, 3.8) is 0 Å². The number of rotatable bonds is 4. The van der Waals surface area contributed by atoms with E-state index in [1.807, 2.05) is 6.07 Å². The van der Waals surface area contributed by atoms with E-state index < -0.39 is 11.7 Å². The summed E-state index contributed by atoms with van der Waals surface area (Å²) in [6.07, 6.45) is 0. The summed E-state index contributed by atoms with van der Waals surface area (Å²) < 4.78 is 9.95. The summed E-state index contributed by atoms with van der Waals surface area (Å²) in [6.45, 7) is 0. The van der Waals surface area contributed by atoms with E-state index >= 15 is 0 Å². The van der Waals surface area contributed by atoms with E-state index in [0.717, 1.165) is 0 Å². The van der Waals surface area contributed by atoms with Crippen LogP contribution in [0, 0.1) is 0 Å². The van der Waals surface area contributed by atoms with Crippen LogP contribution >= 0.6 is 0 Å². The molecule has 1 N–H and O–H groups in total. The molecule has 0 aliphatic rings. The van der Waals surface area contributed by atoms with Gasteiger partial charge in [-0.15, -0.1) is 0 Å². The summed E-state index contributed by atoms with van der Waals surface area (Å²) in [5.74, 6) is -2.52. The van der Waals surface area contributed by atoms with Gasteiger partial charge >= 0.3 is 5.91 Å². The van der Waals surface area contributed by atoms with Crippen molar-refractivity contribution in [1.82, 2.24) is 5.73 Å². The Morgan fingerprint density at radius 3 is 2.07 bits per heavy atom. The lowest BCUT2D eigenvalue weighted by molar-refractivity contribution is -0.213. The Kier molecular flexibility index (Phi) is 3.22. The molecule has 1 aromatic carbocycles. The second-order valence-corrected chi connectivity index (χ2v) is 2.72. The standard InChI is InChI=1S/C10H12NO3/c1-13-10(14-2,9(11)12)8-6-4-3-5-7-8/h3-7,11H,1-2H3. The Morgan fingerprint density at radius 1 is 1.21 bits per heavy atom. The van der Waals surface area contributed by atoms with Gasteiger partial charge in [-0.3, -0.25) is 10.5 Å². The molecule has 4 heteroatoms. The Labute approximate surface area is 82.6 Å². The molecule has 0 bridgehead atoms. The highest BCUT2D eigenvalue weighted by molar-refractivity contribution is 5.82. The lowest BCUT2D eigenvalue weighted by atomic mass is 10.1. The number of nitrogens with one attached hydrogen (secondary N) is 1. The summed E-state index contributed by atoms with van der Waals surface area (Å²) in [4.78, 5) is 11.1. The summed E-state index contributed by atoms with van der Waals surface area (Å²) in [6, 6.07) is 8.68. The summed E-state index contributed by atoms with van der Waals surface area (Å²) in [7, 11) is 2.67. The fourth-order valence-corrected chi connectivity index (χ4v) is 1.29. The Hall–Kier alpha value is -1.39. The van der Waals surface area contributed by atoms with Crippen molar-refractivity contribution in [1.29, 1.82) is 0 Å². The summed E-state index contributed by atoms with van der Waals surface area (Å²) in [5.41, 5.74) is 7.65. The molecule has 4 nitrogen and oxygen atoms in total. The minimum Gasteiger partial charge on any atom is -0.342 e. The summed E-state index contributed by atoms with van der Waals surface area (Å²) >= 11 is 0. The first-order chi connectivity index (χ1) is 6.67. The Bertz CT molecular complexity index is 306. The number of benzene rings is 1. The monoisotopic (exact) mass is 194 g/mol. The lowest BCUT2D eigenvalue weighted by Gasteiger charge is -2.26. The second-order valence-electron chi connectivity index (χ2n) is 2.72. The largest absolute Gasteiger partial charge is 0.342 e. The molecule has 75 valence electrons. The van der Waals surface area contributed by atoms with Crippen LogP contribution in [-0.2, 0) is 20.1 Å². The number of carbonyl (C=O) groups is 1. The molecule has 0 fully saturated rings. The van der Waals surface area contributed by atoms with E-state index in [1.165, 1.54) is 14.2 Å². The van der Waals surface area contributed by atoms with Gasteiger partial charge in [0.25, 0.3) is 5.79 Å². The Morgan fingerprint density at radius 2 is 1.71 bits per heavy atom. The minimum absolute atomic E-state index is 0.519. The maximum Gasteiger partial charge on any atom is 0.303 e. The maximum atomic E-state index is 11.1. The molecule has 0 unspecified atom stereocenters. The van der Waals surface area contributed by atoms with E-state index in [0.29, 0.717) is 5.56 Å². The van der Waals surface area contributed by atoms with Crippen LogP contribution in [0.1, 0.15) is 5.56 Å². The highest BCUT2D eigenvalue weighted by Crippen LogP contribution is 2.25. The van der Waals surface area contributed by atoms with Crippen LogP contribution in [0.4, 0.5) is 0 Å². The van der Waals surface area contributed by atoms with Crippen molar-refractivity contribution >= 4 is 5.91 Å². The molecule has 1 amide bonds. The van der Waals surface area contributed by atoms with E-state index in [-0.39, 0.29) is 0 Å². The molecule has 1 rings (SSSR count). The molecule has 0 saturated carbocycles. The van der Waals surface area contributed by atoms with Gasteiger partial charge in [0, 0.05) is 19.8 Å². The number of amides is 1. The van der Waals surface area contributed by atoms with Gasteiger partial charge in [-0.05, 0) is 0 Å². The zero-order valence-electron chi connectivity index (χ0n) is 8.11. The molecule has 0 atom stereocenters. The van der Waals surface area contributed by atoms with Crippen molar-refractivity contribution in [3.8, 4) is 0 Å². The first-order valence-electron chi connectivity index (χ1n) is 4.09. The normalized spacial score (nSPS) is 11.3. The van der Waals surface area contributed by atoms with Gasteiger partial charge in [-0.25, -0.2) is 0 Å². The number of hydrogen-bond donors (Lipinski definition) is 0. The van der Waals surface area contributed by atoms with Crippen LogP contribution < -0.4 is 5.73 Å². The molecule has 0 aliphatic heterocycles. The van der Waals surface area contributed by atoms with Crippen LogP contribution in [0.2, 0.25) is 0 Å². The van der Waals surface area contributed by atoms with Gasteiger partial charge in [0.1, 0.15) is 0 Å². The number of methoxy groups -OCH3 is 2. The fraction of sp³-hybridized carbons (Fsp3) is 0.300. The van der Waals surface area contributed by atoms with E-state index in [1.54, 1.807) is 24.3 Å². The minimum atomic E-state index is -1.60. The van der Waals surface area contributed by atoms with Crippen molar-refractivity contribution in [2.75, 3.05) is 14.2 Å². The third-order valence-corrected chi connectivity index (χ3v) is 2.03. The molecule has 0 aliphatic carbocycles. The van der Waals surface area contributed by atoms with Crippen molar-refractivity contribution in [3.05, 3.63) is 35.9 Å². The molecule has 0 aromatic heterocycles. The molecular weight excluding hydrogens is 182 g/mol. The predicted molar refractivity (Wildman–Crippen MR) is 50.2 cm³/mol. The maximum absolute atomic E-state index is 11.1. The van der Waals surface area contributed by atoms with Gasteiger partial charge in [-0.1, -0.05) is 30.3 Å². The molecule has 14 heavy (non-hydrogen) atoms. The molecule has 0 spiro atoms. The van der Waals surface area contributed by atoms with Crippen LogP contribution in [0.3, 0.4) is 0 Å². The van der Waals surface area contributed by atoms with Crippen LogP contribution in [0.5, 0.6) is 0 Å². The third kappa shape index (κ3) is 1.62. The quantitative estimate of drug-likeness (QED) is 0.670. The van der Waals surface area contributed by atoms with Gasteiger partial charge in [0.2, 0.25) is 0 Å². The topological polar surface area (TPSA) is 59.3 Å².